The lowest BCUT2D eigenvalue weighted by molar-refractivity contribution is -0.129. The van der Waals surface area contributed by atoms with Crippen LogP contribution in [-0.2, 0) is 9.59 Å². The van der Waals surface area contributed by atoms with Crippen LogP contribution in [0.3, 0.4) is 0 Å². The molecule has 10 heteroatoms. The number of aromatic nitrogens is 4. The van der Waals surface area contributed by atoms with Gasteiger partial charge in [-0.15, -0.1) is 20.4 Å². The highest BCUT2D eigenvalue weighted by atomic mass is 16.4. The Bertz CT molecular complexity index is 616. The number of allylic oxidation sites excluding steroid dienone is 2. The minimum atomic E-state index is -1.16. The van der Waals surface area contributed by atoms with Crippen molar-refractivity contribution in [3.8, 4) is 0 Å². The number of aliphatic carboxylic acids is 2. The van der Waals surface area contributed by atoms with E-state index in [0.717, 1.165) is 12.4 Å². The summed E-state index contributed by atoms with van der Waals surface area (Å²) >= 11 is 0. The number of hydrogen-bond donors (Lipinski definition) is 2. The second-order valence-electron chi connectivity index (χ2n) is 3.88. The quantitative estimate of drug-likeness (QED) is 0.712. The van der Waals surface area contributed by atoms with E-state index in [1.807, 2.05) is 0 Å². The topological polar surface area (TPSA) is 151 Å². The first-order chi connectivity index (χ1) is 10.4. The van der Waals surface area contributed by atoms with E-state index in [0.29, 0.717) is 11.4 Å². The Labute approximate surface area is 124 Å². The summed E-state index contributed by atoms with van der Waals surface area (Å²) in [6.07, 6.45) is 4.30. The predicted molar refractivity (Wildman–Crippen MR) is 77.2 cm³/mol. The zero-order valence-corrected chi connectivity index (χ0v) is 11.7. The predicted octanol–water partition coefficient (Wildman–Crippen LogP) is 0.299. The van der Waals surface area contributed by atoms with Crippen LogP contribution in [0.5, 0.6) is 0 Å². The van der Waals surface area contributed by atoms with Crippen LogP contribution in [0.15, 0.2) is 21.4 Å². The summed E-state index contributed by atoms with van der Waals surface area (Å²) in [4.78, 5) is 27.9. The van der Waals surface area contributed by atoms with Crippen LogP contribution >= 0.6 is 0 Å². The molecule has 0 bridgehead atoms. The number of carboxylic acids is 2. The van der Waals surface area contributed by atoms with Crippen LogP contribution in [0.25, 0.3) is 12.2 Å². The van der Waals surface area contributed by atoms with Gasteiger partial charge in [0.2, 0.25) is 0 Å². The monoisotopic (exact) mass is 304 g/mol. The van der Waals surface area contributed by atoms with Gasteiger partial charge in [-0.05, 0) is 13.8 Å². The number of rotatable bonds is 6. The molecule has 0 aliphatic carbocycles. The molecule has 0 amide bonds. The summed E-state index contributed by atoms with van der Waals surface area (Å²) in [5.41, 5.74) is 0.744. The Hall–Kier alpha value is -3.30. The molecule has 0 unspecified atom stereocenters. The fourth-order valence-corrected chi connectivity index (χ4v) is 1.12. The van der Waals surface area contributed by atoms with Crippen molar-refractivity contribution in [1.82, 2.24) is 20.4 Å². The lowest BCUT2D eigenvalue weighted by Crippen LogP contribution is -2.00. The van der Waals surface area contributed by atoms with Crippen LogP contribution in [0, 0.1) is 0 Å². The minimum absolute atomic E-state index is 0.156. The summed E-state index contributed by atoms with van der Waals surface area (Å²) in [6.45, 7) is 3.14. The fraction of sp³-hybridized carbons (Fsp3) is 0.167. The average Bonchev–Trinajstić information content (AvgIpc) is 2.45. The molecule has 0 atom stereocenters. The third kappa shape index (κ3) is 6.75. The molecule has 1 aromatic heterocycles. The molecular formula is C12H12N6O4. The van der Waals surface area contributed by atoms with Crippen LogP contribution in [0.1, 0.15) is 25.5 Å². The summed E-state index contributed by atoms with van der Waals surface area (Å²) in [7, 11) is 0. The van der Waals surface area contributed by atoms with Gasteiger partial charge in [-0.3, -0.25) is 9.98 Å². The summed E-state index contributed by atoms with van der Waals surface area (Å²) < 4.78 is 0. The zero-order valence-electron chi connectivity index (χ0n) is 11.7. The number of nitrogens with zero attached hydrogens (tertiary/aromatic N) is 6. The van der Waals surface area contributed by atoms with Crippen molar-refractivity contribution in [1.29, 1.82) is 0 Å². The summed E-state index contributed by atoms with van der Waals surface area (Å²) in [6, 6.07) is 0. The van der Waals surface area contributed by atoms with Gasteiger partial charge < -0.3 is 10.2 Å². The normalized spacial score (nSPS) is 13.0. The van der Waals surface area contributed by atoms with Crippen molar-refractivity contribution >= 4 is 36.5 Å². The average molecular weight is 304 g/mol. The number of hydrogen-bond acceptors (Lipinski definition) is 8. The fourth-order valence-electron chi connectivity index (χ4n) is 1.12. The minimum Gasteiger partial charge on any atom is -0.477 e. The maximum atomic E-state index is 10.3. The molecule has 0 spiro atoms. The van der Waals surface area contributed by atoms with Gasteiger partial charge in [0.15, 0.2) is 11.6 Å². The first-order valence-corrected chi connectivity index (χ1v) is 5.85. The maximum Gasteiger partial charge on any atom is 0.346 e. The molecule has 114 valence electrons. The summed E-state index contributed by atoms with van der Waals surface area (Å²) in [5.74, 6) is -2.02. The molecule has 0 saturated carbocycles. The van der Waals surface area contributed by atoms with Gasteiger partial charge in [0.05, 0.1) is 0 Å². The standard InChI is InChI=1S/C12H12N6O4/c1-7(13-5-11(19)20)3-9-15-17-10(18-16-9)4-8(2)14-6-12(21)22/h3-6H,1-2H3,(H,19,20)(H,21,22)/b7-3+,8-4+,13-5+,14-6+. The lowest BCUT2D eigenvalue weighted by Gasteiger charge is -1.94. The van der Waals surface area contributed by atoms with E-state index in [-0.39, 0.29) is 11.6 Å². The Kier molecular flexibility index (Phi) is 6.16. The first kappa shape index (κ1) is 16.8. The highest BCUT2D eigenvalue weighted by Crippen LogP contribution is 2.02. The molecule has 0 radical (unpaired) electrons. The van der Waals surface area contributed by atoms with Gasteiger partial charge in [-0.2, -0.15) is 0 Å². The summed E-state index contributed by atoms with van der Waals surface area (Å²) in [5, 5.41) is 31.9. The van der Waals surface area contributed by atoms with Gasteiger partial charge in [0.1, 0.15) is 12.4 Å². The molecular weight excluding hydrogens is 292 g/mol. The van der Waals surface area contributed by atoms with Crippen molar-refractivity contribution in [2.75, 3.05) is 0 Å². The van der Waals surface area contributed by atoms with E-state index in [1.165, 1.54) is 12.2 Å². The molecule has 0 saturated heterocycles. The van der Waals surface area contributed by atoms with E-state index < -0.39 is 11.9 Å². The van der Waals surface area contributed by atoms with Gasteiger partial charge in [-0.1, -0.05) is 0 Å². The molecule has 1 aromatic rings. The lowest BCUT2D eigenvalue weighted by atomic mass is 10.4. The molecule has 22 heavy (non-hydrogen) atoms. The highest BCUT2D eigenvalue weighted by Gasteiger charge is 1.99. The van der Waals surface area contributed by atoms with Crippen molar-refractivity contribution in [2.45, 2.75) is 13.8 Å². The van der Waals surface area contributed by atoms with E-state index >= 15 is 0 Å². The number of carboxylic acid groups (broad SMARTS) is 2. The SMILES string of the molecule is CC(=C\c1nnc(/C=C(C)/N=C/C(=O)O)nn1)/N=C/C(=O)O. The van der Waals surface area contributed by atoms with Gasteiger partial charge in [0, 0.05) is 23.5 Å². The van der Waals surface area contributed by atoms with Crippen LogP contribution < -0.4 is 0 Å². The Morgan fingerprint density at radius 3 is 1.41 bits per heavy atom. The van der Waals surface area contributed by atoms with E-state index in [4.69, 9.17) is 10.2 Å². The maximum absolute atomic E-state index is 10.3. The smallest absolute Gasteiger partial charge is 0.346 e. The van der Waals surface area contributed by atoms with E-state index in [9.17, 15) is 9.59 Å². The highest BCUT2D eigenvalue weighted by molar-refractivity contribution is 6.22. The van der Waals surface area contributed by atoms with Crippen LogP contribution in [0.2, 0.25) is 0 Å². The molecule has 10 nitrogen and oxygen atoms in total. The van der Waals surface area contributed by atoms with Crippen LogP contribution in [0.4, 0.5) is 0 Å². The Morgan fingerprint density at radius 2 is 1.14 bits per heavy atom. The van der Waals surface area contributed by atoms with Crippen molar-refractivity contribution in [3.05, 3.63) is 23.0 Å². The molecule has 0 aromatic carbocycles. The van der Waals surface area contributed by atoms with Gasteiger partial charge in [0.25, 0.3) is 0 Å². The van der Waals surface area contributed by atoms with E-state index in [2.05, 4.69) is 30.4 Å². The van der Waals surface area contributed by atoms with Gasteiger partial charge >= 0.3 is 11.9 Å². The molecule has 2 N–H and O–H groups in total. The van der Waals surface area contributed by atoms with Gasteiger partial charge in [-0.25, -0.2) is 9.59 Å². The largest absolute Gasteiger partial charge is 0.477 e. The van der Waals surface area contributed by atoms with Crippen molar-refractivity contribution < 1.29 is 19.8 Å². The molecule has 0 fully saturated rings. The van der Waals surface area contributed by atoms with E-state index in [1.54, 1.807) is 13.8 Å². The Morgan fingerprint density at radius 1 is 0.818 bits per heavy atom. The number of aliphatic imine (C=N–C) groups is 2. The molecule has 0 aliphatic heterocycles. The third-order valence-electron chi connectivity index (χ3n) is 1.94. The second-order valence-corrected chi connectivity index (χ2v) is 3.88. The molecule has 1 heterocycles. The van der Waals surface area contributed by atoms with Crippen molar-refractivity contribution in [3.63, 3.8) is 0 Å². The molecule has 0 aliphatic rings. The van der Waals surface area contributed by atoms with Crippen molar-refractivity contribution in [2.24, 2.45) is 9.98 Å². The Balaban J connectivity index is 2.83. The second kappa shape index (κ2) is 8.09. The third-order valence-corrected chi connectivity index (χ3v) is 1.94. The van der Waals surface area contributed by atoms with Crippen LogP contribution in [-0.4, -0.2) is 55.0 Å². The molecule has 1 rings (SSSR count). The first-order valence-electron chi connectivity index (χ1n) is 5.85. The number of carbonyl (C=O) groups is 2. The zero-order chi connectivity index (χ0) is 16.5.